The molecule has 0 aliphatic heterocycles. The number of thiazole rings is 1. The monoisotopic (exact) mass is 466 g/mol. The highest BCUT2D eigenvalue weighted by atomic mass is 32.2. The first-order chi connectivity index (χ1) is 15.7. The molecule has 3 aromatic heterocycles. The zero-order valence-electron chi connectivity index (χ0n) is 17.7. The number of ether oxygens (including phenoxy) is 1. The topological polar surface area (TPSA) is 94.8 Å². The van der Waals surface area contributed by atoms with Gasteiger partial charge in [-0.15, -0.1) is 21.5 Å². The van der Waals surface area contributed by atoms with Gasteiger partial charge in [0.2, 0.25) is 0 Å². The summed E-state index contributed by atoms with van der Waals surface area (Å²) in [5.41, 5.74) is 2.19. The largest absolute Gasteiger partial charge is 0.495 e. The van der Waals surface area contributed by atoms with Crippen LogP contribution >= 0.6 is 23.1 Å². The molecule has 0 spiro atoms. The second-order valence-corrected chi connectivity index (χ2v) is 8.61. The molecule has 1 N–H and O–H groups in total. The molecule has 32 heavy (non-hydrogen) atoms. The first-order valence-corrected chi connectivity index (χ1v) is 11.9. The lowest BCUT2D eigenvalue weighted by atomic mass is 10.2. The Bertz CT molecular complexity index is 1190. The predicted octanol–water partition coefficient (Wildman–Crippen LogP) is 4.23. The lowest BCUT2D eigenvalue weighted by Crippen LogP contribution is -2.24. The van der Waals surface area contributed by atoms with Crippen LogP contribution < -0.4 is 10.1 Å². The van der Waals surface area contributed by atoms with Crippen LogP contribution in [0.5, 0.6) is 5.75 Å². The standard InChI is InChI=1S/C22H22N6O2S2/c1-3-10-24-21(29)16-13-31-19(25-16)14-32-22-27-26-20(15-8-11-23-12-9-15)28(22)17-6-4-5-7-18(17)30-2/h4-9,11-13H,3,10,14H2,1-2H3,(H,24,29). The Morgan fingerprint density at radius 2 is 2.00 bits per heavy atom. The summed E-state index contributed by atoms with van der Waals surface area (Å²) in [5.74, 6) is 1.83. The minimum absolute atomic E-state index is 0.142. The number of carbonyl (C=O) groups excluding carboxylic acids is 1. The normalized spacial score (nSPS) is 10.8. The second-order valence-electron chi connectivity index (χ2n) is 6.72. The summed E-state index contributed by atoms with van der Waals surface area (Å²) < 4.78 is 7.56. The Morgan fingerprint density at radius 1 is 1.19 bits per heavy atom. The quantitative estimate of drug-likeness (QED) is 0.369. The third-order valence-electron chi connectivity index (χ3n) is 4.54. The fraction of sp³-hybridized carbons (Fsp3) is 0.227. The number of nitrogens with zero attached hydrogens (tertiary/aromatic N) is 5. The minimum Gasteiger partial charge on any atom is -0.495 e. The number of carbonyl (C=O) groups is 1. The number of methoxy groups -OCH3 is 1. The number of hydrogen-bond donors (Lipinski definition) is 1. The third-order valence-corrected chi connectivity index (χ3v) is 6.51. The van der Waals surface area contributed by atoms with Crippen LogP contribution in [0.15, 0.2) is 59.3 Å². The van der Waals surface area contributed by atoms with Crippen molar-refractivity contribution in [1.82, 2.24) is 30.0 Å². The maximum absolute atomic E-state index is 12.1. The van der Waals surface area contributed by atoms with Crippen LogP contribution in [-0.4, -0.2) is 44.3 Å². The number of para-hydroxylation sites is 2. The zero-order chi connectivity index (χ0) is 22.3. The van der Waals surface area contributed by atoms with Crippen molar-refractivity contribution in [1.29, 1.82) is 0 Å². The molecular formula is C22H22N6O2S2. The Labute approximate surface area is 194 Å². The van der Waals surface area contributed by atoms with Crippen LogP contribution in [0.1, 0.15) is 28.8 Å². The molecule has 4 rings (SSSR count). The molecule has 3 heterocycles. The van der Waals surface area contributed by atoms with Gasteiger partial charge in [-0.2, -0.15) is 0 Å². The summed E-state index contributed by atoms with van der Waals surface area (Å²) in [6.07, 6.45) is 4.34. The van der Waals surface area contributed by atoms with Gasteiger partial charge in [0.15, 0.2) is 11.0 Å². The highest BCUT2D eigenvalue weighted by Gasteiger charge is 2.19. The Kier molecular flexibility index (Phi) is 7.13. The van der Waals surface area contributed by atoms with Crippen molar-refractivity contribution >= 4 is 29.0 Å². The van der Waals surface area contributed by atoms with E-state index in [9.17, 15) is 4.79 Å². The summed E-state index contributed by atoms with van der Waals surface area (Å²) in [6, 6.07) is 11.5. The van der Waals surface area contributed by atoms with Gasteiger partial charge in [0.05, 0.1) is 18.6 Å². The van der Waals surface area contributed by atoms with E-state index in [4.69, 9.17) is 4.74 Å². The van der Waals surface area contributed by atoms with E-state index in [0.29, 0.717) is 34.7 Å². The van der Waals surface area contributed by atoms with Crippen molar-refractivity contribution in [3.63, 3.8) is 0 Å². The molecule has 0 bridgehead atoms. The van der Waals surface area contributed by atoms with Crippen LogP contribution in [-0.2, 0) is 5.75 Å². The highest BCUT2D eigenvalue weighted by molar-refractivity contribution is 7.98. The van der Waals surface area contributed by atoms with Crippen LogP contribution in [0.25, 0.3) is 17.1 Å². The average molecular weight is 467 g/mol. The van der Waals surface area contributed by atoms with Crippen molar-refractivity contribution in [2.75, 3.05) is 13.7 Å². The first-order valence-electron chi connectivity index (χ1n) is 10.1. The van der Waals surface area contributed by atoms with E-state index < -0.39 is 0 Å². The Morgan fingerprint density at radius 3 is 2.78 bits per heavy atom. The van der Waals surface area contributed by atoms with Crippen LogP contribution in [0.2, 0.25) is 0 Å². The Hall–Kier alpha value is -3.24. The first kappa shape index (κ1) is 22.0. The van der Waals surface area contributed by atoms with Gasteiger partial charge in [-0.3, -0.25) is 14.3 Å². The smallest absolute Gasteiger partial charge is 0.270 e. The molecule has 8 nitrogen and oxygen atoms in total. The lowest BCUT2D eigenvalue weighted by Gasteiger charge is -2.13. The molecular weight excluding hydrogens is 444 g/mol. The number of pyridine rings is 1. The minimum atomic E-state index is -0.142. The zero-order valence-corrected chi connectivity index (χ0v) is 19.3. The fourth-order valence-corrected chi connectivity index (χ4v) is 4.76. The van der Waals surface area contributed by atoms with Gasteiger partial charge < -0.3 is 10.1 Å². The van der Waals surface area contributed by atoms with E-state index in [-0.39, 0.29) is 5.91 Å². The van der Waals surface area contributed by atoms with Crippen molar-refractivity contribution in [2.45, 2.75) is 24.3 Å². The number of nitrogens with one attached hydrogen (secondary N) is 1. The molecule has 1 amide bonds. The summed E-state index contributed by atoms with van der Waals surface area (Å²) >= 11 is 2.97. The molecule has 0 radical (unpaired) electrons. The summed E-state index contributed by atoms with van der Waals surface area (Å²) in [7, 11) is 1.64. The molecule has 0 fully saturated rings. The average Bonchev–Trinajstić information content (AvgIpc) is 3.49. The summed E-state index contributed by atoms with van der Waals surface area (Å²) in [4.78, 5) is 20.7. The molecule has 1 aromatic carbocycles. The van der Waals surface area contributed by atoms with E-state index in [0.717, 1.165) is 22.7 Å². The van der Waals surface area contributed by atoms with Gasteiger partial charge >= 0.3 is 0 Å². The van der Waals surface area contributed by atoms with Gasteiger partial charge in [0, 0.05) is 29.9 Å². The number of thioether (sulfide) groups is 1. The molecule has 0 saturated carbocycles. The molecule has 0 atom stereocenters. The molecule has 0 saturated heterocycles. The van der Waals surface area contributed by atoms with Gasteiger partial charge in [-0.05, 0) is 30.7 Å². The summed E-state index contributed by atoms with van der Waals surface area (Å²) in [5, 5.41) is 15.1. The van der Waals surface area contributed by atoms with Crippen molar-refractivity contribution in [3.05, 3.63) is 64.9 Å². The van der Waals surface area contributed by atoms with Crippen LogP contribution in [0, 0.1) is 0 Å². The number of benzene rings is 1. The Balaban J connectivity index is 1.63. The van der Waals surface area contributed by atoms with E-state index in [1.165, 1.54) is 23.1 Å². The van der Waals surface area contributed by atoms with Crippen LogP contribution in [0.4, 0.5) is 0 Å². The van der Waals surface area contributed by atoms with Gasteiger partial charge in [-0.25, -0.2) is 4.98 Å². The SMILES string of the molecule is CCCNC(=O)c1csc(CSc2nnc(-c3ccncc3)n2-c2ccccc2OC)n1. The van der Waals surface area contributed by atoms with E-state index in [1.54, 1.807) is 24.9 Å². The van der Waals surface area contributed by atoms with Crippen molar-refractivity contribution < 1.29 is 9.53 Å². The van der Waals surface area contributed by atoms with Gasteiger partial charge in [0.25, 0.3) is 5.91 Å². The van der Waals surface area contributed by atoms with Crippen LogP contribution in [0.3, 0.4) is 0 Å². The summed E-state index contributed by atoms with van der Waals surface area (Å²) in [6.45, 7) is 2.65. The van der Waals surface area contributed by atoms with Gasteiger partial charge in [-0.1, -0.05) is 30.8 Å². The van der Waals surface area contributed by atoms with E-state index in [2.05, 4.69) is 25.5 Å². The number of aromatic nitrogens is 5. The maximum Gasteiger partial charge on any atom is 0.270 e. The fourth-order valence-electron chi connectivity index (χ4n) is 3.02. The molecule has 4 aromatic rings. The number of amides is 1. The molecule has 164 valence electrons. The highest BCUT2D eigenvalue weighted by Crippen LogP contribution is 2.33. The van der Waals surface area contributed by atoms with Gasteiger partial charge in [0.1, 0.15) is 16.5 Å². The van der Waals surface area contributed by atoms with E-state index >= 15 is 0 Å². The third kappa shape index (κ3) is 4.81. The van der Waals surface area contributed by atoms with Crippen molar-refractivity contribution in [2.24, 2.45) is 0 Å². The van der Waals surface area contributed by atoms with E-state index in [1.807, 2.05) is 47.9 Å². The lowest BCUT2D eigenvalue weighted by molar-refractivity contribution is 0.0949. The molecule has 10 heteroatoms. The number of rotatable bonds is 9. The molecule has 0 unspecified atom stereocenters. The molecule has 0 aliphatic carbocycles. The maximum atomic E-state index is 12.1. The van der Waals surface area contributed by atoms with Crippen molar-refractivity contribution in [3.8, 4) is 22.8 Å². The second kappa shape index (κ2) is 10.4. The predicted molar refractivity (Wildman–Crippen MR) is 125 cm³/mol. The number of hydrogen-bond acceptors (Lipinski definition) is 8. The molecule has 0 aliphatic rings.